The van der Waals surface area contributed by atoms with Gasteiger partial charge in [-0.05, 0) is 13.8 Å². The Morgan fingerprint density at radius 2 is 0.967 bits per heavy atom. The van der Waals surface area contributed by atoms with Gasteiger partial charge in [-0.25, -0.2) is 9.97 Å². The summed E-state index contributed by atoms with van der Waals surface area (Å²) in [5, 5.41) is 8.53. The Kier molecular flexibility index (Phi) is 5.22. The van der Waals surface area contributed by atoms with Gasteiger partial charge in [0.25, 0.3) is 0 Å². The van der Waals surface area contributed by atoms with Crippen LogP contribution in [-0.4, -0.2) is 29.2 Å². The predicted molar refractivity (Wildman–Crippen MR) is 122 cm³/mol. The Hall–Kier alpha value is -3.16. The van der Waals surface area contributed by atoms with Crippen molar-refractivity contribution >= 4 is 22.9 Å². The topological polar surface area (TPSA) is 112 Å². The number of nitrogens with zero attached hydrogens (tertiary/aromatic N) is 6. The number of nitrogens with two attached hydrogens (primary N) is 2. The second-order valence-corrected chi connectivity index (χ2v) is 9.74. The van der Waals surface area contributed by atoms with E-state index in [-0.39, 0.29) is 10.8 Å². The molecule has 0 aliphatic heterocycles. The van der Waals surface area contributed by atoms with Crippen molar-refractivity contribution in [1.82, 2.24) is 29.2 Å². The fourth-order valence-electron chi connectivity index (χ4n) is 2.99. The molecule has 0 amide bonds. The molecule has 160 valence electrons. The molecule has 0 aliphatic carbocycles. The van der Waals surface area contributed by atoms with Crippen LogP contribution in [0.1, 0.15) is 64.3 Å². The highest BCUT2D eigenvalue weighted by Gasteiger charge is 2.18. The quantitative estimate of drug-likeness (QED) is 0.457. The molecule has 0 aromatic carbocycles. The molecule has 0 spiro atoms. The lowest BCUT2D eigenvalue weighted by molar-refractivity contribution is 0.568. The number of aromatic nitrogens is 6. The van der Waals surface area contributed by atoms with Crippen molar-refractivity contribution in [3.8, 4) is 0 Å². The van der Waals surface area contributed by atoms with Crippen LogP contribution < -0.4 is 11.5 Å². The molecule has 0 fully saturated rings. The number of hydrogen-bond donors (Lipinski definition) is 2. The number of rotatable bonds is 0. The van der Waals surface area contributed by atoms with Crippen LogP contribution in [0.25, 0.3) is 11.3 Å². The van der Waals surface area contributed by atoms with Crippen LogP contribution in [0.5, 0.6) is 0 Å². The largest absolute Gasteiger partial charge is 0.384 e. The highest BCUT2D eigenvalue weighted by Crippen LogP contribution is 2.24. The van der Waals surface area contributed by atoms with Crippen molar-refractivity contribution in [2.75, 3.05) is 11.5 Å². The summed E-state index contributed by atoms with van der Waals surface area (Å²) in [6, 6.07) is 7.65. The molecule has 0 bridgehead atoms. The number of hydrogen-bond acceptors (Lipinski definition) is 6. The number of aryl methyl sites for hydroxylation is 2. The number of nitrogen functional groups attached to an aromatic ring is 2. The summed E-state index contributed by atoms with van der Waals surface area (Å²) in [5.74, 6) is 1.27. The zero-order valence-corrected chi connectivity index (χ0v) is 19.1. The van der Waals surface area contributed by atoms with E-state index < -0.39 is 0 Å². The van der Waals surface area contributed by atoms with Gasteiger partial charge in [0.15, 0.2) is 11.3 Å². The first kappa shape index (κ1) is 21.5. The monoisotopic (exact) mass is 408 g/mol. The maximum Gasteiger partial charge on any atom is 0.157 e. The van der Waals surface area contributed by atoms with Gasteiger partial charge in [0.1, 0.15) is 11.6 Å². The molecule has 4 N–H and O–H groups in total. The van der Waals surface area contributed by atoms with E-state index in [4.69, 9.17) is 11.5 Å². The third kappa shape index (κ3) is 4.37. The van der Waals surface area contributed by atoms with Crippen LogP contribution in [0.15, 0.2) is 24.3 Å². The van der Waals surface area contributed by atoms with E-state index in [0.29, 0.717) is 11.6 Å². The van der Waals surface area contributed by atoms with Gasteiger partial charge in [0.2, 0.25) is 0 Å². The van der Waals surface area contributed by atoms with Gasteiger partial charge in [0.05, 0.1) is 22.8 Å². The lowest BCUT2D eigenvalue weighted by Gasteiger charge is -2.18. The highest BCUT2D eigenvalue weighted by molar-refractivity contribution is 5.50. The van der Waals surface area contributed by atoms with Gasteiger partial charge in [-0.3, -0.25) is 0 Å². The average molecular weight is 409 g/mol. The molecule has 0 atom stereocenters. The van der Waals surface area contributed by atoms with Gasteiger partial charge in [-0.1, -0.05) is 41.5 Å². The average Bonchev–Trinajstić information content (AvgIpc) is 3.15. The van der Waals surface area contributed by atoms with E-state index in [1.807, 2.05) is 38.1 Å². The Morgan fingerprint density at radius 3 is 1.27 bits per heavy atom. The van der Waals surface area contributed by atoms with Crippen molar-refractivity contribution in [2.45, 2.75) is 66.2 Å². The smallest absolute Gasteiger partial charge is 0.157 e. The Bertz CT molecular complexity index is 1110. The Morgan fingerprint density at radius 1 is 0.633 bits per heavy atom. The first-order valence-electron chi connectivity index (χ1n) is 10.0. The van der Waals surface area contributed by atoms with Gasteiger partial charge >= 0.3 is 0 Å². The second kappa shape index (κ2) is 7.27. The minimum absolute atomic E-state index is 0.00798. The van der Waals surface area contributed by atoms with Crippen LogP contribution in [-0.2, 0) is 10.8 Å². The van der Waals surface area contributed by atoms with E-state index in [0.717, 1.165) is 34.1 Å². The summed E-state index contributed by atoms with van der Waals surface area (Å²) in [6.07, 6.45) is 0. The summed E-state index contributed by atoms with van der Waals surface area (Å²) >= 11 is 0. The van der Waals surface area contributed by atoms with Crippen molar-refractivity contribution in [3.63, 3.8) is 0 Å². The minimum Gasteiger partial charge on any atom is -0.384 e. The molecule has 0 saturated heterocycles. The molecule has 0 unspecified atom stereocenters. The van der Waals surface area contributed by atoms with E-state index in [1.54, 1.807) is 9.03 Å². The molecule has 4 rings (SSSR count). The maximum absolute atomic E-state index is 5.93. The molecule has 4 heterocycles. The van der Waals surface area contributed by atoms with Crippen LogP contribution in [0.2, 0.25) is 0 Å². The van der Waals surface area contributed by atoms with Crippen molar-refractivity contribution < 1.29 is 0 Å². The zero-order valence-electron chi connectivity index (χ0n) is 19.1. The van der Waals surface area contributed by atoms with Gasteiger partial charge in [0, 0.05) is 35.1 Å². The van der Waals surface area contributed by atoms with Crippen molar-refractivity contribution in [3.05, 3.63) is 47.0 Å². The van der Waals surface area contributed by atoms with Gasteiger partial charge in [-0.2, -0.15) is 19.2 Å². The fourth-order valence-corrected chi connectivity index (χ4v) is 2.99. The first-order valence-corrected chi connectivity index (χ1v) is 10.0. The second-order valence-electron chi connectivity index (χ2n) is 9.74. The van der Waals surface area contributed by atoms with E-state index in [1.165, 1.54) is 0 Å². The lowest BCUT2D eigenvalue weighted by atomic mass is 9.92. The Balaban J connectivity index is 0.000000171. The molecule has 4 aromatic rings. The van der Waals surface area contributed by atoms with E-state index in [9.17, 15) is 0 Å². The van der Waals surface area contributed by atoms with E-state index in [2.05, 4.69) is 61.7 Å². The van der Waals surface area contributed by atoms with Crippen LogP contribution in [0.4, 0.5) is 11.6 Å². The number of anilines is 2. The molecular weight excluding hydrogens is 376 g/mol. The molecular formula is C22H32N8. The van der Waals surface area contributed by atoms with Crippen LogP contribution >= 0.6 is 0 Å². The molecule has 0 saturated carbocycles. The molecule has 8 heteroatoms. The first-order chi connectivity index (χ1) is 13.8. The number of fused-ring (bicyclic) bond motifs is 2. The summed E-state index contributed by atoms with van der Waals surface area (Å²) in [7, 11) is 0. The minimum atomic E-state index is 0.00798. The Labute approximate surface area is 177 Å². The van der Waals surface area contributed by atoms with Crippen molar-refractivity contribution in [1.29, 1.82) is 0 Å². The maximum atomic E-state index is 5.93. The standard InChI is InChI=1S/2C11H16N4/c2*1-7-5-10-13-8(11(2,3)4)6-9(12)15(10)14-7/h2*5-6H,12H2,1-4H3. The normalized spacial score (nSPS) is 12.3. The predicted octanol–water partition coefficient (Wildman–Crippen LogP) is 3.83. The molecule has 0 aliphatic rings. The lowest BCUT2D eigenvalue weighted by Crippen LogP contribution is -2.15. The molecule has 8 nitrogen and oxygen atoms in total. The third-order valence-corrected chi connectivity index (χ3v) is 4.69. The van der Waals surface area contributed by atoms with Gasteiger partial charge < -0.3 is 11.5 Å². The van der Waals surface area contributed by atoms with Crippen molar-refractivity contribution in [2.24, 2.45) is 0 Å². The van der Waals surface area contributed by atoms with Gasteiger partial charge in [-0.15, -0.1) is 0 Å². The van der Waals surface area contributed by atoms with Crippen LogP contribution in [0.3, 0.4) is 0 Å². The summed E-state index contributed by atoms with van der Waals surface area (Å²) in [6.45, 7) is 16.6. The fraction of sp³-hybridized carbons (Fsp3) is 0.455. The molecule has 30 heavy (non-hydrogen) atoms. The summed E-state index contributed by atoms with van der Waals surface area (Å²) in [4.78, 5) is 9.10. The summed E-state index contributed by atoms with van der Waals surface area (Å²) in [5.41, 5.74) is 17.4. The SMILES string of the molecule is Cc1cc2nc(C(C)(C)C)cc(N)n2n1.Cc1cc2nc(C(C)(C)C)cc(N)n2n1. The van der Waals surface area contributed by atoms with E-state index >= 15 is 0 Å². The third-order valence-electron chi connectivity index (χ3n) is 4.69. The highest BCUT2D eigenvalue weighted by atomic mass is 15.3. The van der Waals surface area contributed by atoms with Crippen LogP contribution in [0, 0.1) is 13.8 Å². The molecule has 0 radical (unpaired) electrons. The molecule has 4 aromatic heterocycles. The zero-order chi connectivity index (χ0) is 22.4. The summed E-state index contributed by atoms with van der Waals surface area (Å²) < 4.78 is 3.34.